The fraction of sp³-hybridized carbons (Fsp3) is 0.593. The second kappa shape index (κ2) is 10.9. The van der Waals surface area contributed by atoms with Gasteiger partial charge in [0.05, 0.1) is 5.69 Å². The van der Waals surface area contributed by atoms with Gasteiger partial charge in [-0.25, -0.2) is 4.39 Å². The fourth-order valence-electron chi connectivity index (χ4n) is 5.37. The second-order valence-electron chi connectivity index (χ2n) is 8.92. The Morgan fingerprint density at radius 2 is 1.83 bits per heavy atom. The third-order valence-corrected chi connectivity index (χ3v) is 7.10. The van der Waals surface area contributed by atoms with Crippen molar-refractivity contribution in [3.8, 4) is 11.3 Å². The van der Waals surface area contributed by atoms with Crippen LogP contribution in [0, 0.1) is 23.6 Å². The van der Waals surface area contributed by atoms with Crippen molar-refractivity contribution in [3.63, 3.8) is 0 Å². The van der Waals surface area contributed by atoms with E-state index in [1.807, 2.05) is 24.4 Å². The molecule has 0 aliphatic heterocycles. The number of rotatable bonds is 9. The number of aromatic nitrogens is 1. The third kappa shape index (κ3) is 5.68. The standard InChI is InChI=1S/C27H38FN/c1-4-9-22(6-3)24-11-8-7-10-23(24)15-12-21-13-16-25(26(28)18-21)27-17-14-20(5-2)19-29-27/h13-14,16-19,22-24H,4-12,15H2,1-3H3/t22?,23-,24-/m0/s1. The molecule has 1 aliphatic rings. The predicted octanol–water partition coefficient (Wildman–Crippen LogP) is 8.02. The molecule has 0 bridgehead atoms. The molecule has 1 unspecified atom stereocenters. The minimum Gasteiger partial charge on any atom is -0.256 e. The number of pyridine rings is 1. The lowest BCUT2D eigenvalue weighted by atomic mass is 9.68. The van der Waals surface area contributed by atoms with Crippen molar-refractivity contribution in [1.82, 2.24) is 4.98 Å². The lowest BCUT2D eigenvalue weighted by Crippen LogP contribution is -2.27. The van der Waals surface area contributed by atoms with Crippen LogP contribution in [0.5, 0.6) is 0 Å². The summed E-state index contributed by atoms with van der Waals surface area (Å²) in [4.78, 5) is 4.45. The Balaban J connectivity index is 1.66. The van der Waals surface area contributed by atoms with Crippen LogP contribution in [-0.4, -0.2) is 4.98 Å². The zero-order valence-electron chi connectivity index (χ0n) is 18.6. The van der Waals surface area contributed by atoms with Crippen molar-refractivity contribution >= 4 is 0 Å². The highest BCUT2D eigenvalue weighted by molar-refractivity contribution is 5.60. The number of aryl methyl sites for hydroxylation is 2. The summed E-state index contributed by atoms with van der Waals surface area (Å²) in [5, 5.41) is 0. The summed E-state index contributed by atoms with van der Waals surface area (Å²) in [6.45, 7) is 6.78. The Hall–Kier alpha value is -1.70. The van der Waals surface area contributed by atoms with Crippen LogP contribution in [0.15, 0.2) is 36.5 Å². The Morgan fingerprint density at radius 3 is 2.48 bits per heavy atom. The largest absolute Gasteiger partial charge is 0.256 e. The molecular weight excluding hydrogens is 357 g/mol. The summed E-state index contributed by atoms with van der Waals surface area (Å²) in [6, 6.07) is 9.74. The van der Waals surface area contributed by atoms with E-state index >= 15 is 0 Å². The molecule has 0 amide bonds. The Kier molecular flexibility index (Phi) is 8.27. The van der Waals surface area contributed by atoms with Crippen LogP contribution in [0.4, 0.5) is 4.39 Å². The van der Waals surface area contributed by atoms with Crippen LogP contribution in [0.2, 0.25) is 0 Å². The summed E-state index contributed by atoms with van der Waals surface area (Å²) in [5.41, 5.74) is 3.65. The van der Waals surface area contributed by atoms with Crippen LogP contribution in [0.3, 0.4) is 0 Å². The molecule has 3 rings (SSSR count). The van der Waals surface area contributed by atoms with Gasteiger partial charge < -0.3 is 0 Å². The topological polar surface area (TPSA) is 12.9 Å². The average molecular weight is 396 g/mol. The molecule has 2 heteroatoms. The molecule has 0 spiro atoms. The monoisotopic (exact) mass is 395 g/mol. The lowest BCUT2D eigenvalue weighted by Gasteiger charge is -2.37. The van der Waals surface area contributed by atoms with Gasteiger partial charge in [0.2, 0.25) is 0 Å². The van der Waals surface area contributed by atoms with Crippen molar-refractivity contribution in [2.75, 3.05) is 0 Å². The van der Waals surface area contributed by atoms with Crippen LogP contribution >= 0.6 is 0 Å². The SMILES string of the molecule is CCCC(CC)[C@@H]1CCCC[C@H]1CCc1ccc(-c2ccc(CC)cn2)c(F)c1. The van der Waals surface area contributed by atoms with Gasteiger partial charge in [-0.05, 0) is 72.8 Å². The van der Waals surface area contributed by atoms with E-state index in [1.54, 1.807) is 6.07 Å². The highest BCUT2D eigenvalue weighted by Gasteiger charge is 2.30. The summed E-state index contributed by atoms with van der Waals surface area (Å²) >= 11 is 0. The van der Waals surface area contributed by atoms with Gasteiger partial charge in [0.15, 0.2) is 0 Å². The highest BCUT2D eigenvalue weighted by atomic mass is 19.1. The van der Waals surface area contributed by atoms with E-state index in [9.17, 15) is 4.39 Å². The van der Waals surface area contributed by atoms with Gasteiger partial charge in [0.25, 0.3) is 0 Å². The van der Waals surface area contributed by atoms with Crippen molar-refractivity contribution in [2.45, 2.75) is 85.0 Å². The van der Waals surface area contributed by atoms with Gasteiger partial charge in [0, 0.05) is 11.8 Å². The van der Waals surface area contributed by atoms with Gasteiger partial charge in [-0.3, -0.25) is 4.98 Å². The molecule has 1 saturated carbocycles. The molecule has 2 aromatic rings. The van der Waals surface area contributed by atoms with Crippen molar-refractivity contribution < 1.29 is 4.39 Å². The van der Waals surface area contributed by atoms with Crippen LogP contribution < -0.4 is 0 Å². The zero-order valence-corrected chi connectivity index (χ0v) is 18.6. The summed E-state index contributed by atoms with van der Waals surface area (Å²) in [7, 11) is 0. The summed E-state index contributed by atoms with van der Waals surface area (Å²) in [5.74, 6) is 2.42. The minimum atomic E-state index is -0.142. The van der Waals surface area contributed by atoms with Crippen molar-refractivity contribution in [3.05, 3.63) is 53.5 Å². The van der Waals surface area contributed by atoms with Crippen LogP contribution in [0.25, 0.3) is 11.3 Å². The maximum Gasteiger partial charge on any atom is 0.132 e. The normalized spacial score (nSPS) is 20.6. The van der Waals surface area contributed by atoms with Gasteiger partial charge >= 0.3 is 0 Å². The molecule has 1 heterocycles. The molecule has 0 N–H and O–H groups in total. The number of hydrogen-bond donors (Lipinski definition) is 0. The molecule has 1 aromatic carbocycles. The van der Waals surface area contributed by atoms with E-state index in [-0.39, 0.29) is 5.82 Å². The molecule has 3 atom stereocenters. The first-order valence-electron chi connectivity index (χ1n) is 11.9. The smallest absolute Gasteiger partial charge is 0.132 e. The van der Waals surface area contributed by atoms with Gasteiger partial charge in [-0.2, -0.15) is 0 Å². The van der Waals surface area contributed by atoms with E-state index in [0.29, 0.717) is 5.56 Å². The highest BCUT2D eigenvalue weighted by Crippen LogP contribution is 2.40. The van der Waals surface area contributed by atoms with E-state index in [4.69, 9.17) is 0 Å². The third-order valence-electron chi connectivity index (χ3n) is 7.10. The average Bonchev–Trinajstić information content (AvgIpc) is 2.76. The maximum atomic E-state index is 14.8. The Labute approximate surface area is 177 Å². The molecule has 1 fully saturated rings. The Morgan fingerprint density at radius 1 is 1.03 bits per heavy atom. The van der Waals surface area contributed by atoms with Crippen LogP contribution in [0.1, 0.15) is 83.3 Å². The van der Waals surface area contributed by atoms with Gasteiger partial charge in [0.1, 0.15) is 5.82 Å². The zero-order chi connectivity index (χ0) is 20.6. The Bertz CT molecular complexity index is 752. The molecule has 0 saturated heterocycles. The maximum absolute atomic E-state index is 14.8. The molecule has 29 heavy (non-hydrogen) atoms. The van der Waals surface area contributed by atoms with E-state index < -0.39 is 0 Å². The van der Waals surface area contributed by atoms with Crippen molar-refractivity contribution in [2.24, 2.45) is 17.8 Å². The number of halogens is 1. The summed E-state index contributed by atoms with van der Waals surface area (Å²) in [6.07, 6.45) is 14.5. The molecular formula is C27H38FN. The van der Waals surface area contributed by atoms with E-state index in [1.165, 1.54) is 56.9 Å². The van der Waals surface area contributed by atoms with Crippen LogP contribution in [-0.2, 0) is 12.8 Å². The molecule has 1 aliphatic carbocycles. The first kappa shape index (κ1) is 22.0. The van der Waals surface area contributed by atoms with E-state index in [0.717, 1.165) is 41.9 Å². The predicted molar refractivity (Wildman–Crippen MR) is 121 cm³/mol. The summed E-state index contributed by atoms with van der Waals surface area (Å²) < 4.78 is 14.8. The minimum absolute atomic E-state index is 0.142. The fourth-order valence-corrected chi connectivity index (χ4v) is 5.37. The van der Waals surface area contributed by atoms with E-state index in [2.05, 4.69) is 31.8 Å². The van der Waals surface area contributed by atoms with Crippen molar-refractivity contribution in [1.29, 1.82) is 0 Å². The lowest BCUT2D eigenvalue weighted by molar-refractivity contribution is 0.140. The number of hydrogen-bond acceptors (Lipinski definition) is 1. The molecule has 158 valence electrons. The molecule has 1 nitrogen and oxygen atoms in total. The number of benzene rings is 1. The van der Waals surface area contributed by atoms with Gasteiger partial charge in [-0.15, -0.1) is 0 Å². The second-order valence-corrected chi connectivity index (χ2v) is 8.92. The molecule has 1 aromatic heterocycles. The quantitative estimate of drug-likeness (QED) is 0.419. The number of nitrogens with zero attached hydrogens (tertiary/aromatic N) is 1. The molecule has 0 radical (unpaired) electrons. The first-order valence-corrected chi connectivity index (χ1v) is 11.9. The van der Waals surface area contributed by atoms with Gasteiger partial charge in [-0.1, -0.05) is 71.4 Å². The first-order chi connectivity index (χ1) is 14.2.